The van der Waals surface area contributed by atoms with Crippen molar-refractivity contribution in [3.8, 4) is 0 Å². The summed E-state index contributed by atoms with van der Waals surface area (Å²) in [6.07, 6.45) is 1.01. The molecule has 0 unspecified atom stereocenters. The van der Waals surface area contributed by atoms with Crippen LogP contribution in [0.1, 0.15) is 40.5 Å². The van der Waals surface area contributed by atoms with Gasteiger partial charge in [0.2, 0.25) is 0 Å². The van der Waals surface area contributed by atoms with Crippen LogP contribution < -0.4 is 0 Å². The van der Waals surface area contributed by atoms with Gasteiger partial charge in [0, 0.05) is 6.42 Å². The van der Waals surface area contributed by atoms with Gasteiger partial charge >= 0.3 is 5.97 Å². The minimum Gasteiger partial charge on any atom is -0.465 e. The summed E-state index contributed by atoms with van der Waals surface area (Å²) in [6, 6.07) is 0. The van der Waals surface area contributed by atoms with Gasteiger partial charge in [-0.25, -0.2) is 0 Å². The molecule has 1 aliphatic carbocycles. The highest BCUT2D eigenvalue weighted by molar-refractivity contribution is 5.99. The summed E-state index contributed by atoms with van der Waals surface area (Å²) in [5, 5.41) is 0. The number of allylic oxidation sites excluding steroid dienone is 1. The Morgan fingerprint density at radius 3 is 2.60 bits per heavy atom. The van der Waals surface area contributed by atoms with Gasteiger partial charge in [0.15, 0.2) is 5.78 Å². The SMILES string of the molecule is CCOC(=O)[C@@]1(C)CCC(=O)C(C)=C1C. The zero-order chi connectivity index (χ0) is 11.6. The van der Waals surface area contributed by atoms with E-state index in [1.165, 1.54) is 0 Å². The summed E-state index contributed by atoms with van der Waals surface area (Å²) >= 11 is 0. The molecule has 0 aliphatic heterocycles. The zero-order valence-corrected chi connectivity index (χ0v) is 9.85. The van der Waals surface area contributed by atoms with Gasteiger partial charge in [-0.1, -0.05) is 0 Å². The average molecular weight is 210 g/mol. The zero-order valence-electron chi connectivity index (χ0n) is 9.85. The van der Waals surface area contributed by atoms with E-state index in [0.717, 1.165) is 11.1 Å². The van der Waals surface area contributed by atoms with Gasteiger partial charge < -0.3 is 4.74 Å². The number of ketones is 1. The summed E-state index contributed by atoms with van der Waals surface area (Å²) in [4.78, 5) is 23.3. The minimum absolute atomic E-state index is 0.147. The molecule has 0 saturated heterocycles. The second kappa shape index (κ2) is 4.17. The summed E-state index contributed by atoms with van der Waals surface area (Å²) < 4.78 is 5.05. The van der Waals surface area contributed by atoms with E-state index in [2.05, 4.69) is 0 Å². The molecule has 0 amide bonds. The lowest BCUT2D eigenvalue weighted by atomic mass is 9.71. The maximum absolute atomic E-state index is 11.8. The highest BCUT2D eigenvalue weighted by atomic mass is 16.5. The van der Waals surface area contributed by atoms with E-state index in [1.54, 1.807) is 13.8 Å². The number of esters is 1. The topological polar surface area (TPSA) is 43.4 Å². The lowest BCUT2D eigenvalue weighted by Crippen LogP contribution is -2.36. The van der Waals surface area contributed by atoms with Crippen molar-refractivity contribution in [1.82, 2.24) is 0 Å². The van der Waals surface area contributed by atoms with Gasteiger partial charge in [-0.2, -0.15) is 0 Å². The van der Waals surface area contributed by atoms with Crippen molar-refractivity contribution in [2.24, 2.45) is 5.41 Å². The fourth-order valence-corrected chi connectivity index (χ4v) is 1.91. The van der Waals surface area contributed by atoms with Crippen LogP contribution in [0.4, 0.5) is 0 Å². The number of carbonyl (C=O) groups excluding carboxylic acids is 2. The molecule has 1 aliphatic rings. The van der Waals surface area contributed by atoms with Crippen molar-refractivity contribution < 1.29 is 14.3 Å². The normalized spacial score (nSPS) is 26.8. The number of Topliss-reactive ketones (excluding diaryl/α,β-unsaturated/α-hetero) is 1. The van der Waals surface area contributed by atoms with Crippen LogP contribution in [0.3, 0.4) is 0 Å². The largest absolute Gasteiger partial charge is 0.465 e. The Labute approximate surface area is 90.5 Å². The first-order chi connectivity index (χ1) is 6.93. The molecular weight excluding hydrogens is 192 g/mol. The quantitative estimate of drug-likeness (QED) is 0.656. The number of rotatable bonds is 2. The molecule has 3 nitrogen and oxygen atoms in total. The van der Waals surface area contributed by atoms with Gasteiger partial charge in [-0.15, -0.1) is 0 Å². The molecule has 3 heteroatoms. The Morgan fingerprint density at radius 1 is 1.47 bits per heavy atom. The molecule has 0 aromatic heterocycles. The van der Waals surface area contributed by atoms with Crippen LogP contribution in [0.5, 0.6) is 0 Å². The predicted octanol–water partition coefficient (Wildman–Crippen LogP) is 2.26. The van der Waals surface area contributed by atoms with Crippen molar-refractivity contribution >= 4 is 11.8 Å². The molecule has 15 heavy (non-hydrogen) atoms. The number of ether oxygens (including phenoxy) is 1. The van der Waals surface area contributed by atoms with Crippen molar-refractivity contribution in [2.75, 3.05) is 6.61 Å². The lowest BCUT2D eigenvalue weighted by Gasteiger charge is -2.32. The molecule has 0 aromatic carbocycles. The van der Waals surface area contributed by atoms with E-state index < -0.39 is 5.41 Å². The van der Waals surface area contributed by atoms with E-state index in [-0.39, 0.29) is 11.8 Å². The predicted molar refractivity (Wildman–Crippen MR) is 57.4 cm³/mol. The Kier molecular flexibility index (Phi) is 3.32. The number of carbonyl (C=O) groups is 2. The van der Waals surface area contributed by atoms with Gasteiger partial charge in [0.05, 0.1) is 12.0 Å². The summed E-state index contributed by atoms with van der Waals surface area (Å²) in [5.74, 6) is -0.0661. The summed E-state index contributed by atoms with van der Waals surface area (Å²) in [5.41, 5.74) is 0.975. The Morgan fingerprint density at radius 2 is 2.07 bits per heavy atom. The Bertz CT molecular complexity index is 328. The van der Waals surface area contributed by atoms with E-state index in [0.29, 0.717) is 19.4 Å². The maximum atomic E-state index is 11.8. The van der Waals surface area contributed by atoms with Crippen molar-refractivity contribution in [2.45, 2.75) is 40.5 Å². The van der Waals surface area contributed by atoms with Gasteiger partial charge in [0.1, 0.15) is 0 Å². The van der Waals surface area contributed by atoms with E-state index in [9.17, 15) is 9.59 Å². The molecule has 0 heterocycles. The van der Waals surface area contributed by atoms with Crippen LogP contribution in [0.15, 0.2) is 11.1 Å². The van der Waals surface area contributed by atoms with Crippen LogP contribution >= 0.6 is 0 Å². The maximum Gasteiger partial charge on any atom is 0.315 e. The molecule has 0 saturated carbocycles. The third-order valence-corrected chi connectivity index (χ3v) is 3.39. The average Bonchev–Trinajstić information content (AvgIpc) is 2.21. The monoisotopic (exact) mass is 210 g/mol. The van der Waals surface area contributed by atoms with E-state index in [1.807, 2.05) is 13.8 Å². The highest BCUT2D eigenvalue weighted by Gasteiger charge is 2.41. The van der Waals surface area contributed by atoms with E-state index >= 15 is 0 Å². The summed E-state index contributed by atoms with van der Waals surface area (Å²) in [7, 11) is 0. The number of hydrogen-bond acceptors (Lipinski definition) is 3. The minimum atomic E-state index is -0.603. The van der Waals surface area contributed by atoms with Gasteiger partial charge in [-0.3, -0.25) is 9.59 Å². The third-order valence-electron chi connectivity index (χ3n) is 3.39. The van der Waals surface area contributed by atoms with Crippen LogP contribution in [0.2, 0.25) is 0 Å². The highest BCUT2D eigenvalue weighted by Crippen LogP contribution is 2.39. The van der Waals surface area contributed by atoms with Crippen molar-refractivity contribution in [3.63, 3.8) is 0 Å². The standard InChI is InChI=1S/C12H18O3/c1-5-15-11(14)12(4)7-6-10(13)8(2)9(12)3/h5-7H2,1-4H3/t12-/m0/s1. The first-order valence-corrected chi connectivity index (χ1v) is 5.32. The Balaban J connectivity index is 3.05. The molecule has 84 valence electrons. The molecular formula is C12H18O3. The van der Waals surface area contributed by atoms with Crippen molar-refractivity contribution in [3.05, 3.63) is 11.1 Å². The van der Waals surface area contributed by atoms with Gasteiger partial charge in [0.25, 0.3) is 0 Å². The van der Waals surface area contributed by atoms with Gasteiger partial charge in [-0.05, 0) is 45.3 Å². The lowest BCUT2D eigenvalue weighted by molar-refractivity contribution is -0.153. The first kappa shape index (κ1) is 12.0. The van der Waals surface area contributed by atoms with Crippen molar-refractivity contribution in [1.29, 1.82) is 0 Å². The fourth-order valence-electron chi connectivity index (χ4n) is 1.91. The molecule has 0 radical (unpaired) electrons. The fraction of sp³-hybridized carbons (Fsp3) is 0.667. The molecule has 0 spiro atoms. The molecule has 1 atom stereocenters. The summed E-state index contributed by atoms with van der Waals surface area (Å²) in [6.45, 7) is 7.67. The first-order valence-electron chi connectivity index (χ1n) is 5.32. The molecule has 1 rings (SSSR count). The second-order valence-electron chi connectivity index (χ2n) is 4.23. The number of hydrogen-bond donors (Lipinski definition) is 0. The molecule has 0 aromatic rings. The smallest absolute Gasteiger partial charge is 0.315 e. The molecule has 0 fully saturated rings. The van der Waals surface area contributed by atoms with Crippen LogP contribution in [-0.2, 0) is 14.3 Å². The van der Waals surface area contributed by atoms with Crippen LogP contribution in [0, 0.1) is 5.41 Å². The van der Waals surface area contributed by atoms with Crippen LogP contribution in [0.25, 0.3) is 0 Å². The molecule has 0 bridgehead atoms. The third kappa shape index (κ3) is 1.96. The Hall–Kier alpha value is -1.12. The second-order valence-corrected chi connectivity index (χ2v) is 4.23. The molecule has 0 N–H and O–H groups in total. The van der Waals surface area contributed by atoms with Crippen LogP contribution in [-0.4, -0.2) is 18.4 Å². The van der Waals surface area contributed by atoms with E-state index in [4.69, 9.17) is 4.74 Å².